The van der Waals surface area contributed by atoms with Gasteiger partial charge < -0.3 is 40.1 Å². The van der Waals surface area contributed by atoms with Gasteiger partial charge in [0.25, 0.3) is 0 Å². The first kappa shape index (κ1) is 25.4. The van der Waals surface area contributed by atoms with Crippen molar-refractivity contribution in [3.05, 3.63) is 24.3 Å². The van der Waals surface area contributed by atoms with Crippen LogP contribution in [0.4, 0.5) is 0 Å². The van der Waals surface area contributed by atoms with Gasteiger partial charge in [0.05, 0.1) is 49.6 Å². The van der Waals surface area contributed by atoms with E-state index >= 15 is 0 Å². The summed E-state index contributed by atoms with van der Waals surface area (Å²) in [5.74, 6) is -4.23. The van der Waals surface area contributed by atoms with E-state index in [9.17, 15) is 35.1 Å². The molecular weight excluding hydrogens is 412 g/mol. The lowest BCUT2D eigenvalue weighted by atomic mass is 9.49. The van der Waals surface area contributed by atoms with Gasteiger partial charge in [-0.2, -0.15) is 0 Å². The van der Waals surface area contributed by atoms with E-state index in [0.29, 0.717) is 0 Å². The average Bonchev–Trinajstić information content (AvgIpc) is 2.74. The zero-order valence-corrected chi connectivity index (χ0v) is 17.7. The zero-order valence-electron chi connectivity index (χ0n) is 17.7. The minimum atomic E-state index is -1.74. The fraction of sp³-hybridized carbons (Fsp3) is 0.714. The number of esters is 2. The second-order valence-corrected chi connectivity index (χ2v) is 8.70. The van der Waals surface area contributed by atoms with Gasteiger partial charge in [-0.25, -0.2) is 9.59 Å². The molecule has 0 bridgehead atoms. The Kier molecular flexibility index (Phi) is 7.68. The molecule has 31 heavy (non-hydrogen) atoms. The quantitative estimate of drug-likeness (QED) is 0.199. The Morgan fingerprint density at radius 3 is 2.32 bits per heavy atom. The molecule has 2 aliphatic carbocycles. The van der Waals surface area contributed by atoms with Crippen LogP contribution in [0.1, 0.15) is 26.2 Å². The largest absolute Gasteiger partial charge is 0.466 e. The summed E-state index contributed by atoms with van der Waals surface area (Å²) in [5, 5.41) is 61.6. The predicted octanol–water partition coefficient (Wildman–Crippen LogP) is -1.58. The van der Waals surface area contributed by atoms with Crippen molar-refractivity contribution in [2.24, 2.45) is 17.3 Å². The summed E-state index contributed by atoms with van der Waals surface area (Å²) < 4.78 is 10.1. The molecular formula is C21H32O10. The zero-order chi connectivity index (χ0) is 23.7. The Balaban J connectivity index is 2.50. The van der Waals surface area contributed by atoms with Crippen LogP contribution in [0.2, 0.25) is 0 Å². The molecule has 0 aliphatic heterocycles. The molecule has 2 saturated carbocycles. The van der Waals surface area contributed by atoms with Crippen molar-refractivity contribution in [3.63, 3.8) is 0 Å². The van der Waals surface area contributed by atoms with Crippen LogP contribution in [0.15, 0.2) is 24.3 Å². The van der Waals surface area contributed by atoms with E-state index in [1.54, 1.807) is 6.92 Å². The maximum absolute atomic E-state index is 12.5. The van der Waals surface area contributed by atoms with Crippen molar-refractivity contribution in [1.29, 1.82) is 0 Å². The first-order valence-corrected chi connectivity index (χ1v) is 10.0. The molecule has 0 aromatic carbocycles. The second-order valence-electron chi connectivity index (χ2n) is 8.70. The van der Waals surface area contributed by atoms with Crippen LogP contribution in [-0.2, 0) is 19.1 Å². The molecule has 0 amide bonds. The van der Waals surface area contributed by atoms with Gasteiger partial charge in [0.1, 0.15) is 12.2 Å². The number of rotatable bonds is 7. The summed E-state index contributed by atoms with van der Waals surface area (Å²) in [5.41, 5.74) is -3.58. The van der Waals surface area contributed by atoms with Crippen LogP contribution in [0.3, 0.4) is 0 Å². The number of carbonyl (C=O) groups is 2. The highest BCUT2D eigenvalue weighted by molar-refractivity contribution is 5.90. The highest BCUT2D eigenvalue weighted by atomic mass is 16.5. The van der Waals surface area contributed by atoms with Crippen LogP contribution in [0.5, 0.6) is 0 Å². The Morgan fingerprint density at radius 1 is 1.19 bits per heavy atom. The van der Waals surface area contributed by atoms with Gasteiger partial charge in [-0.3, -0.25) is 0 Å². The van der Waals surface area contributed by atoms with Crippen molar-refractivity contribution in [3.8, 4) is 0 Å². The third-order valence-corrected chi connectivity index (χ3v) is 6.87. The Labute approximate surface area is 180 Å². The number of aliphatic hydroxyl groups is 6. The normalized spacial score (nSPS) is 38.5. The first-order chi connectivity index (χ1) is 14.4. The number of fused-ring (bicyclic) bond motifs is 1. The van der Waals surface area contributed by atoms with Crippen LogP contribution in [0.25, 0.3) is 0 Å². The molecule has 0 unspecified atom stereocenters. The van der Waals surface area contributed by atoms with E-state index < -0.39 is 78.0 Å². The molecule has 0 spiro atoms. The molecule has 0 saturated heterocycles. The third-order valence-electron chi connectivity index (χ3n) is 6.87. The number of carbonyl (C=O) groups excluding carboxylic acids is 2. The Bertz CT molecular complexity index is 736. The van der Waals surface area contributed by atoms with Gasteiger partial charge in [-0.15, -0.1) is 0 Å². The number of hydrogen-bond donors (Lipinski definition) is 6. The molecule has 0 aromatic rings. The SMILES string of the molecule is C=C(C(=O)OC)[C@H]1[C@@H](O)[C@H]2[C@@](O)(CO)CC[C@@H](O)[C@@]2(C)C[C@H]1OC(=O)C(=C)[C@H](O)CO. The summed E-state index contributed by atoms with van der Waals surface area (Å²) >= 11 is 0. The van der Waals surface area contributed by atoms with E-state index in [0.717, 1.165) is 7.11 Å². The Morgan fingerprint density at radius 2 is 1.81 bits per heavy atom. The minimum absolute atomic E-state index is 0.0172. The third kappa shape index (κ3) is 4.41. The van der Waals surface area contributed by atoms with Crippen LogP contribution >= 0.6 is 0 Å². The highest BCUT2D eigenvalue weighted by Crippen LogP contribution is 2.57. The monoisotopic (exact) mass is 444 g/mol. The fourth-order valence-electron chi connectivity index (χ4n) is 5.10. The summed E-state index contributed by atoms with van der Waals surface area (Å²) in [6.45, 7) is 7.21. The van der Waals surface area contributed by atoms with Crippen LogP contribution in [0, 0.1) is 17.3 Å². The Hall–Kier alpha value is -1.82. The van der Waals surface area contributed by atoms with E-state index in [4.69, 9.17) is 9.84 Å². The number of hydrogen-bond acceptors (Lipinski definition) is 10. The fourth-order valence-corrected chi connectivity index (χ4v) is 5.10. The average molecular weight is 444 g/mol. The van der Waals surface area contributed by atoms with Crippen molar-refractivity contribution in [1.82, 2.24) is 0 Å². The van der Waals surface area contributed by atoms with Crippen LogP contribution in [-0.4, -0.2) is 92.9 Å². The van der Waals surface area contributed by atoms with Crippen LogP contribution < -0.4 is 0 Å². The standard InChI is InChI=1S/C21H32O10/c1-10(12(24)8-22)19(28)31-13-7-20(3)14(25)5-6-21(29,9-23)17(20)16(26)15(13)11(2)18(27)30-4/h12-17,22-26,29H,1-2,5-9H2,3-4H3/t12-,13-,14-,15-,16-,17-,20-,21+/m1/s1. The molecule has 10 heteroatoms. The molecule has 0 radical (unpaired) electrons. The summed E-state index contributed by atoms with van der Waals surface area (Å²) in [6.07, 6.45) is -5.24. The van der Waals surface area contributed by atoms with Crippen molar-refractivity contribution < 1.29 is 49.7 Å². The summed E-state index contributed by atoms with van der Waals surface area (Å²) in [4.78, 5) is 24.7. The predicted molar refractivity (Wildman–Crippen MR) is 106 cm³/mol. The minimum Gasteiger partial charge on any atom is -0.466 e. The van der Waals surface area contributed by atoms with Gasteiger partial charge in [0, 0.05) is 16.9 Å². The number of ether oxygens (including phenoxy) is 2. The maximum Gasteiger partial charge on any atom is 0.336 e. The molecule has 6 N–H and O–H groups in total. The van der Waals surface area contributed by atoms with Gasteiger partial charge in [0.2, 0.25) is 0 Å². The number of methoxy groups -OCH3 is 1. The van der Waals surface area contributed by atoms with Gasteiger partial charge in [-0.1, -0.05) is 20.1 Å². The first-order valence-electron chi connectivity index (χ1n) is 10.0. The van der Waals surface area contributed by atoms with Gasteiger partial charge >= 0.3 is 11.9 Å². The maximum atomic E-state index is 12.5. The second kappa shape index (κ2) is 9.35. The molecule has 8 atom stereocenters. The van der Waals surface area contributed by atoms with Crippen molar-refractivity contribution >= 4 is 11.9 Å². The highest BCUT2D eigenvalue weighted by Gasteiger charge is 2.64. The van der Waals surface area contributed by atoms with Crippen molar-refractivity contribution in [2.75, 3.05) is 20.3 Å². The van der Waals surface area contributed by atoms with E-state index in [-0.39, 0.29) is 24.8 Å². The van der Waals surface area contributed by atoms with E-state index in [2.05, 4.69) is 17.9 Å². The lowest BCUT2D eigenvalue weighted by molar-refractivity contribution is -0.249. The van der Waals surface area contributed by atoms with E-state index in [1.807, 2.05) is 0 Å². The lowest BCUT2D eigenvalue weighted by Crippen LogP contribution is -2.68. The van der Waals surface area contributed by atoms with Gasteiger partial charge in [0.15, 0.2) is 0 Å². The lowest BCUT2D eigenvalue weighted by Gasteiger charge is -2.60. The summed E-state index contributed by atoms with van der Waals surface area (Å²) in [7, 11) is 1.11. The van der Waals surface area contributed by atoms with Crippen molar-refractivity contribution in [2.45, 2.75) is 56.2 Å². The molecule has 2 fully saturated rings. The molecule has 10 nitrogen and oxygen atoms in total. The topological polar surface area (TPSA) is 174 Å². The summed E-state index contributed by atoms with van der Waals surface area (Å²) in [6, 6.07) is 0. The van der Waals surface area contributed by atoms with Gasteiger partial charge in [-0.05, 0) is 19.3 Å². The molecule has 2 aliphatic rings. The van der Waals surface area contributed by atoms with E-state index in [1.165, 1.54) is 0 Å². The molecule has 176 valence electrons. The molecule has 0 heterocycles. The molecule has 0 aromatic heterocycles. The number of aliphatic hydroxyl groups excluding tert-OH is 5. The molecule has 2 rings (SSSR count). The smallest absolute Gasteiger partial charge is 0.336 e.